The van der Waals surface area contributed by atoms with Crippen molar-refractivity contribution < 1.29 is 14.3 Å². The molecule has 1 aromatic carbocycles. The molecular formula is C15H19NO3. The van der Waals surface area contributed by atoms with E-state index in [-0.39, 0.29) is 5.91 Å². The minimum Gasteiger partial charge on any atom is -0.493 e. The van der Waals surface area contributed by atoms with E-state index in [4.69, 9.17) is 4.74 Å². The molecule has 0 radical (unpaired) electrons. The minimum absolute atomic E-state index is 0.0699. The molecule has 0 spiro atoms. The van der Waals surface area contributed by atoms with E-state index in [1.165, 1.54) is 6.42 Å². The van der Waals surface area contributed by atoms with Crippen molar-refractivity contribution in [2.24, 2.45) is 0 Å². The van der Waals surface area contributed by atoms with Crippen LogP contribution in [0.25, 0.3) is 0 Å². The third-order valence-corrected chi connectivity index (χ3v) is 3.23. The van der Waals surface area contributed by atoms with Crippen molar-refractivity contribution in [3.8, 4) is 5.75 Å². The van der Waals surface area contributed by atoms with Crippen LogP contribution in [0.15, 0.2) is 24.3 Å². The summed E-state index contributed by atoms with van der Waals surface area (Å²) in [6.45, 7) is 2.04. The van der Waals surface area contributed by atoms with E-state index in [2.05, 4.69) is 0 Å². The van der Waals surface area contributed by atoms with Crippen molar-refractivity contribution in [1.82, 2.24) is 4.90 Å². The van der Waals surface area contributed by atoms with Gasteiger partial charge in [0, 0.05) is 25.1 Å². The first kappa shape index (κ1) is 13.6. The van der Waals surface area contributed by atoms with Crippen LogP contribution in [-0.2, 0) is 4.79 Å². The van der Waals surface area contributed by atoms with Gasteiger partial charge in [-0.25, -0.2) is 0 Å². The Hall–Kier alpha value is -1.84. The molecule has 4 heteroatoms. The van der Waals surface area contributed by atoms with Gasteiger partial charge in [-0.3, -0.25) is 4.79 Å². The molecule has 0 unspecified atom stereocenters. The van der Waals surface area contributed by atoms with Crippen molar-refractivity contribution in [2.45, 2.75) is 25.7 Å². The Morgan fingerprint density at radius 1 is 1.26 bits per heavy atom. The summed E-state index contributed by atoms with van der Waals surface area (Å²) in [4.78, 5) is 24.4. The fraction of sp³-hybridized carbons (Fsp3) is 0.467. The van der Waals surface area contributed by atoms with Crippen LogP contribution in [0.3, 0.4) is 0 Å². The van der Waals surface area contributed by atoms with Gasteiger partial charge >= 0.3 is 0 Å². The van der Waals surface area contributed by atoms with E-state index >= 15 is 0 Å². The first-order chi connectivity index (χ1) is 9.31. The summed E-state index contributed by atoms with van der Waals surface area (Å²) in [7, 11) is 0. The number of ether oxygens (including phenoxy) is 1. The predicted octanol–water partition coefficient (Wildman–Crippen LogP) is 2.28. The summed E-state index contributed by atoms with van der Waals surface area (Å²) in [6, 6.07) is 7.18. The van der Waals surface area contributed by atoms with Gasteiger partial charge in [0.1, 0.15) is 12.0 Å². The molecule has 1 fully saturated rings. The van der Waals surface area contributed by atoms with Gasteiger partial charge < -0.3 is 14.4 Å². The zero-order valence-electron chi connectivity index (χ0n) is 11.0. The highest BCUT2D eigenvalue weighted by Gasteiger charge is 2.18. The number of nitrogens with zero attached hydrogens (tertiary/aromatic N) is 1. The van der Waals surface area contributed by atoms with Crippen LogP contribution in [0.5, 0.6) is 5.75 Å². The molecular weight excluding hydrogens is 242 g/mol. The number of benzene rings is 1. The Morgan fingerprint density at radius 3 is 2.79 bits per heavy atom. The lowest BCUT2D eigenvalue weighted by Gasteiger charge is -2.26. The number of carbonyl (C=O) groups excluding carboxylic acids is 2. The topological polar surface area (TPSA) is 46.6 Å². The Kier molecular flexibility index (Phi) is 4.95. The second kappa shape index (κ2) is 6.92. The van der Waals surface area contributed by atoms with Gasteiger partial charge in [0.05, 0.1) is 6.61 Å². The molecule has 1 saturated heterocycles. The number of aldehydes is 1. The number of likely N-dealkylation sites (tertiary alicyclic amines) is 1. The quantitative estimate of drug-likeness (QED) is 0.603. The lowest BCUT2D eigenvalue weighted by Crippen LogP contribution is -2.35. The third-order valence-electron chi connectivity index (χ3n) is 3.23. The van der Waals surface area contributed by atoms with Crippen LogP contribution < -0.4 is 4.74 Å². The summed E-state index contributed by atoms with van der Waals surface area (Å²) < 4.78 is 5.42. The van der Waals surface area contributed by atoms with Gasteiger partial charge in [-0.05, 0) is 37.5 Å². The third kappa shape index (κ3) is 3.81. The van der Waals surface area contributed by atoms with Crippen LogP contribution >= 0.6 is 0 Å². The average Bonchev–Trinajstić information content (AvgIpc) is 2.48. The Balaban J connectivity index is 2.00. The Bertz CT molecular complexity index is 439. The van der Waals surface area contributed by atoms with Crippen LogP contribution in [-0.4, -0.2) is 36.8 Å². The monoisotopic (exact) mass is 261 g/mol. The maximum Gasteiger partial charge on any atom is 0.253 e. The summed E-state index contributed by atoms with van der Waals surface area (Å²) in [6.07, 6.45) is 4.56. The van der Waals surface area contributed by atoms with Gasteiger partial charge in [0.2, 0.25) is 0 Å². The largest absolute Gasteiger partial charge is 0.493 e. The molecule has 19 heavy (non-hydrogen) atoms. The maximum absolute atomic E-state index is 12.3. The molecule has 4 nitrogen and oxygen atoms in total. The van der Waals surface area contributed by atoms with E-state index in [1.54, 1.807) is 12.1 Å². The first-order valence-electron chi connectivity index (χ1n) is 6.77. The fourth-order valence-electron chi connectivity index (χ4n) is 2.22. The minimum atomic E-state index is 0.0699. The number of rotatable bonds is 5. The van der Waals surface area contributed by atoms with E-state index in [0.717, 1.165) is 32.2 Å². The second-order valence-corrected chi connectivity index (χ2v) is 4.68. The molecule has 0 bridgehead atoms. The van der Waals surface area contributed by atoms with Crippen molar-refractivity contribution in [2.75, 3.05) is 19.7 Å². The van der Waals surface area contributed by atoms with Crippen LogP contribution in [0, 0.1) is 0 Å². The molecule has 0 aliphatic carbocycles. The van der Waals surface area contributed by atoms with Crippen LogP contribution in [0.1, 0.15) is 36.0 Å². The van der Waals surface area contributed by atoms with Crippen molar-refractivity contribution in [3.63, 3.8) is 0 Å². The number of hydrogen-bond acceptors (Lipinski definition) is 3. The van der Waals surface area contributed by atoms with Crippen LogP contribution in [0.2, 0.25) is 0 Å². The van der Waals surface area contributed by atoms with Crippen molar-refractivity contribution >= 4 is 12.2 Å². The highest BCUT2D eigenvalue weighted by atomic mass is 16.5. The maximum atomic E-state index is 12.3. The second-order valence-electron chi connectivity index (χ2n) is 4.68. The summed E-state index contributed by atoms with van der Waals surface area (Å²) in [5.41, 5.74) is 0.658. The van der Waals surface area contributed by atoms with E-state index in [9.17, 15) is 9.59 Å². The highest BCUT2D eigenvalue weighted by Crippen LogP contribution is 2.17. The lowest BCUT2D eigenvalue weighted by atomic mass is 10.1. The fourth-order valence-corrected chi connectivity index (χ4v) is 2.22. The molecule has 0 atom stereocenters. The molecule has 0 N–H and O–H groups in total. The summed E-state index contributed by atoms with van der Waals surface area (Å²) in [5, 5.41) is 0. The SMILES string of the molecule is O=CCCOc1cccc(C(=O)N2CCCCC2)c1. The van der Waals surface area contributed by atoms with Gasteiger partial charge in [-0.2, -0.15) is 0 Å². The normalized spacial score (nSPS) is 15.1. The molecule has 0 saturated carbocycles. The smallest absolute Gasteiger partial charge is 0.253 e. The molecule has 102 valence electrons. The Morgan fingerprint density at radius 2 is 2.05 bits per heavy atom. The number of piperidine rings is 1. The highest BCUT2D eigenvalue weighted by molar-refractivity contribution is 5.94. The molecule has 1 amide bonds. The zero-order valence-corrected chi connectivity index (χ0v) is 11.0. The molecule has 1 aliphatic heterocycles. The standard InChI is InChI=1S/C15H19NO3/c17-10-5-11-19-14-7-4-6-13(12-14)15(18)16-8-2-1-3-9-16/h4,6-7,10,12H,1-3,5,8-9,11H2. The van der Waals surface area contributed by atoms with E-state index in [0.29, 0.717) is 24.3 Å². The van der Waals surface area contributed by atoms with Gasteiger partial charge in [-0.15, -0.1) is 0 Å². The average molecular weight is 261 g/mol. The molecule has 1 aliphatic rings. The van der Waals surface area contributed by atoms with Crippen molar-refractivity contribution in [1.29, 1.82) is 0 Å². The molecule has 2 rings (SSSR count). The molecule has 1 aromatic rings. The van der Waals surface area contributed by atoms with Crippen molar-refractivity contribution in [3.05, 3.63) is 29.8 Å². The van der Waals surface area contributed by atoms with E-state index in [1.807, 2.05) is 17.0 Å². The Labute approximate surface area is 113 Å². The number of carbonyl (C=O) groups is 2. The van der Waals surface area contributed by atoms with Gasteiger partial charge in [0.25, 0.3) is 5.91 Å². The summed E-state index contributed by atoms with van der Waals surface area (Å²) in [5.74, 6) is 0.713. The van der Waals surface area contributed by atoms with Gasteiger partial charge in [0.15, 0.2) is 0 Å². The van der Waals surface area contributed by atoms with Gasteiger partial charge in [-0.1, -0.05) is 6.07 Å². The molecule has 1 heterocycles. The van der Waals surface area contributed by atoms with E-state index < -0.39 is 0 Å². The van der Waals surface area contributed by atoms with Crippen LogP contribution in [0.4, 0.5) is 0 Å². The predicted molar refractivity (Wildman–Crippen MR) is 72.4 cm³/mol. The zero-order chi connectivity index (χ0) is 13.5. The lowest BCUT2D eigenvalue weighted by molar-refractivity contribution is -0.108. The summed E-state index contributed by atoms with van der Waals surface area (Å²) >= 11 is 0. The number of amides is 1. The number of hydrogen-bond donors (Lipinski definition) is 0. The first-order valence-corrected chi connectivity index (χ1v) is 6.77. The molecule has 0 aromatic heterocycles.